The van der Waals surface area contributed by atoms with Crippen LogP contribution in [0.1, 0.15) is 28.9 Å². The summed E-state index contributed by atoms with van der Waals surface area (Å²) in [7, 11) is 0. The Morgan fingerprint density at radius 2 is 1.62 bits per heavy atom. The lowest BCUT2D eigenvalue weighted by molar-refractivity contribution is 0.0687. The molecule has 0 unspecified atom stereocenters. The van der Waals surface area contributed by atoms with Crippen molar-refractivity contribution in [3.8, 4) is 28.0 Å². The van der Waals surface area contributed by atoms with Gasteiger partial charge in [0.2, 0.25) is 0 Å². The SMILES string of the molecule is O=C(O)c1c(-c2cccc(OCC3CC3)c2)c2ccccc2n1Cc1ccc(-c2ccccc2)cc1F. The minimum atomic E-state index is -1.06. The second-order valence-electron chi connectivity index (χ2n) is 9.59. The highest BCUT2D eigenvalue weighted by Gasteiger charge is 2.25. The van der Waals surface area contributed by atoms with Gasteiger partial charge in [0.15, 0.2) is 0 Å². The summed E-state index contributed by atoms with van der Waals surface area (Å²) in [6, 6.07) is 29.9. The van der Waals surface area contributed by atoms with E-state index in [1.165, 1.54) is 18.9 Å². The summed E-state index contributed by atoms with van der Waals surface area (Å²) in [4.78, 5) is 12.7. The molecule has 1 aliphatic rings. The summed E-state index contributed by atoms with van der Waals surface area (Å²) in [5.41, 5.74) is 4.38. The van der Waals surface area contributed by atoms with E-state index in [0.29, 0.717) is 23.7 Å². The van der Waals surface area contributed by atoms with Gasteiger partial charge in [0, 0.05) is 22.0 Å². The fraction of sp³-hybridized carbons (Fsp3) is 0.156. The Morgan fingerprint density at radius 1 is 0.865 bits per heavy atom. The average molecular weight is 492 g/mol. The van der Waals surface area contributed by atoms with Crippen LogP contribution in [0, 0.1) is 11.7 Å². The van der Waals surface area contributed by atoms with Gasteiger partial charge in [0.25, 0.3) is 0 Å². The lowest BCUT2D eigenvalue weighted by atomic mass is 10.0. The maximum atomic E-state index is 15.3. The number of nitrogens with zero attached hydrogens (tertiary/aromatic N) is 1. The highest BCUT2D eigenvalue weighted by Crippen LogP contribution is 2.38. The van der Waals surface area contributed by atoms with Crippen LogP contribution in [0.2, 0.25) is 0 Å². The summed E-state index contributed by atoms with van der Waals surface area (Å²) < 4.78 is 23.0. The van der Waals surface area contributed by atoms with Gasteiger partial charge in [-0.3, -0.25) is 0 Å². The maximum absolute atomic E-state index is 15.3. The van der Waals surface area contributed by atoms with Crippen LogP contribution in [0.3, 0.4) is 0 Å². The van der Waals surface area contributed by atoms with Crippen molar-refractivity contribution < 1.29 is 19.0 Å². The molecule has 5 heteroatoms. The van der Waals surface area contributed by atoms with Crippen molar-refractivity contribution in [2.24, 2.45) is 5.92 Å². The van der Waals surface area contributed by atoms with Crippen LogP contribution in [-0.2, 0) is 6.54 Å². The van der Waals surface area contributed by atoms with Gasteiger partial charge < -0.3 is 14.4 Å². The predicted octanol–water partition coefficient (Wildman–Crippen LogP) is 7.65. The molecule has 0 saturated heterocycles. The number of halogens is 1. The van der Waals surface area contributed by atoms with Crippen LogP contribution in [0.25, 0.3) is 33.2 Å². The summed E-state index contributed by atoms with van der Waals surface area (Å²) in [6.45, 7) is 0.774. The number of benzene rings is 4. The zero-order valence-electron chi connectivity index (χ0n) is 20.2. The average Bonchev–Trinajstić information content (AvgIpc) is 3.70. The molecule has 0 spiro atoms. The van der Waals surface area contributed by atoms with Gasteiger partial charge >= 0.3 is 5.97 Å². The van der Waals surface area contributed by atoms with Crippen LogP contribution in [-0.4, -0.2) is 22.2 Å². The zero-order valence-corrected chi connectivity index (χ0v) is 20.2. The molecule has 6 rings (SSSR count). The Morgan fingerprint density at radius 3 is 2.38 bits per heavy atom. The van der Waals surface area contributed by atoms with E-state index in [-0.39, 0.29) is 18.1 Å². The van der Waals surface area contributed by atoms with Crippen molar-refractivity contribution in [3.05, 3.63) is 114 Å². The van der Waals surface area contributed by atoms with Crippen molar-refractivity contribution in [1.29, 1.82) is 0 Å². The van der Waals surface area contributed by atoms with Gasteiger partial charge in [-0.1, -0.05) is 72.8 Å². The van der Waals surface area contributed by atoms with Gasteiger partial charge in [-0.25, -0.2) is 9.18 Å². The Balaban J connectivity index is 1.43. The van der Waals surface area contributed by atoms with E-state index in [1.807, 2.05) is 84.9 Å². The highest BCUT2D eigenvalue weighted by atomic mass is 19.1. The number of rotatable bonds is 8. The first kappa shape index (κ1) is 23.0. The molecule has 1 N–H and O–H groups in total. The molecule has 5 aromatic rings. The molecule has 0 amide bonds. The second kappa shape index (κ2) is 9.58. The Kier molecular flexibility index (Phi) is 5.97. The van der Waals surface area contributed by atoms with Gasteiger partial charge in [0.1, 0.15) is 17.3 Å². The lowest BCUT2D eigenvalue weighted by Gasteiger charge is -2.12. The Labute approximate surface area is 214 Å². The first-order valence-electron chi connectivity index (χ1n) is 12.5. The van der Waals surface area contributed by atoms with E-state index in [4.69, 9.17) is 4.74 Å². The number of carbonyl (C=O) groups is 1. The summed E-state index contributed by atoms with van der Waals surface area (Å²) in [5.74, 6) is -0.0900. The number of hydrogen-bond donors (Lipinski definition) is 1. The number of hydrogen-bond acceptors (Lipinski definition) is 2. The smallest absolute Gasteiger partial charge is 0.353 e. The number of aromatic carboxylic acids is 1. The first-order valence-corrected chi connectivity index (χ1v) is 12.5. The number of fused-ring (bicyclic) bond motifs is 1. The molecule has 1 saturated carbocycles. The third-order valence-electron chi connectivity index (χ3n) is 6.97. The maximum Gasteiger partial charge on any atom is 0.353 e. The zero-order chi connectivity index (χ0) is 25.4. The first-order chi connectivity index (χ1) is 18.1. The molecular weight excluding hydrogens is 465 g/mol. The molecule has 0 aliphatic heterocycles. The van der Waals surface area contributed by atoms with E-state index in [0.717, 1.165) is 33.3 Å². The number of carboxylic acids is 1. The minimum absolute atomic E-state index is 0.0981. The van der Waals surface area contributed by atoms with Crippen molar-refractivity contribution in [3.63, 3.8) is 0 Å². The van der Waals surface area contributed by atoms with E-state index in [1.54, 1.807) is 10.6 Å². The Bertz CT molecular complexity index is 1600. The largest absolute Gasteiger partial charge is 0.493 e. The normalized spacial score (nSPS) is 13.1. The lowest BCUT2D eigenvalue weighted by Crippen LogP contribution is -2.11. The van der Waals surface area contributed by atoms with Crippen LogP contribution < -0.4 is 4.74 Å². The highest BCUT2D eigenvalue weighted by molar-refractivity contribution is 6.08. The quantitative estimate of drug-likeness (QED) is 0.243. The van der Waals surface area contributed by atoms with Crippen molar-refractivity contribution >= 4 is 16.9 Å². The molecule has 37 heavy (non-hydrogen) atoms. The van der Waals surface area contributed by atoms with Gasteiger partial charge in [-0.15, -0.1) is 0 Å². The number of ether oxygens (including phenoxy) is 1. The van der Waals surface area contributed by atoms with Crippen LogP contribution in [0.5, 0.6) is 5.75 Å². The monoisotopic (exact) mass is 491 g/mol. The van der Waals surface area contributed by atoms with Crippen LogP contribution in [0.15, 0.2) is 97.1 Å². The van der Waals surface area contributed by atoms with E-state index in [9.17, 15) is 9.90 Å². The third kappa shape index (κ3) is 4.60. The standard InChI is InChI=1S/C32H26FNO3/c33-28-18-23(22-7-2-1-3-8-22)15-16-25(28)19-34-29-12-5-4-11-27(29)30(31(34)32(35)36)24-9-6-10-26(17-24)37-20-21-13-14-21/h1-12,15-18,21H,13-14,19-20H2,(H,35,36). The molecule has 4 nitrogen and oxygen atoms in total. The molecule has 184 valence electrons. The molecule has 1 heterocycles. The number of carboxylic acid groups (broad SMARTS) is 1. The molecule has 1 aliphatic carbocycles. The third-order valence-corrected chi connectivity index (χ3v) is 6.97. The summed E-state index contributed by atoms with van der Waals surface area (Å²) >= 11 is 0. The van der Waals surface area contributed by atoms with Crippen molar-refractivity contribution in [2.75, 3.05) is 6.61 Å². The summed E-state index contributed by atoms with van der Waals surface area (Å²) in [6.07, 6.45) is 2.39. The topological polar surface area (TPSA) is 51.5 Å². The van der Waals surface area contributed by atoms with Gasteiger partial charge in [0.05, 0.1) is 13.2 Å². The van der Waals surface area contributed by atoms with Gasteiger partial charge in [-0.05, 0) is 59.7 Å². The molecule has 1 aromatic heterocycles. The molecule has 1 fully saturated rings. The fourth-order valence-corrected chi connectivity index (χ4v) is 4.88. The van der Waals surface area contributed by atoms with Gasteiger partial charge in [-0.2, -0.15) is 0 Å². The fourth-order valence-electron chi connectivity index (χ4n) is 4.88. The van der Waals surface area contributed by atoms with Crippen molar-refractivity contribution in [1.82, 2.24) is 4.57 Å². The molecule has 0 atom stereocenters. The number of aromatic nitrogens is 1. The van der Waals surface area contributed by atoms with E-state index < -0.39 is 5.97 Å². The summed E-state index contributed by atoms with van der Waals surface area (Å²) in [5, 5.41) is 11.2. The van der Waals surface area contributed by atoms with Crippen LogP contribution in [0.4, 0.5) is 4.39 Å². The van der Waals surface area contributed by atoms with E-state index >= 15 is 4.39 Å². The van der Waals surface area contributed by atoms with E-state index in [2.05, 4.69) is 0 Å². The molecule has 4 aromatic carbocycles. The Hall–Kier alpha value is -4.38. The molecule has 0 radical (unpaired) electrons. The predicted molar refractivity (Wildman–Crippen MR) is 143 cm³/mol. The molecule has 0 bridgehead atoms. The van der Waals surface area contributed by atoms with Crippen molar-refractivity contribution in [2.45, 2.75) is 19.4 Å². The van der Waals surface area contributed by atoms with Crippen LogP contribution >= 0.6 is 0 Å². The minimum Gasteiger partial charge on any atom is -0.493 e. The molecular formula is C32H26FNO3. The second-order valence-corrected chi connectivity index (χ2v) is 9.59. The number of para-hydroxylation sites is 1.